The van der Waals surface area contributed by atoms with Crippen molar-refractivity contribution < 1.29 is 5.11 Å². The SMILES string of the molecule is Cc1ccccc1CCNC(C)Cc1ccc(O)cc1. The minimum absolute atomic E-state index is 0.328. The lowest BCUT2D eigenvalue weighted by Gasteiger charge is -2.14. The first-order chi connectivity index (χ1) is 9.65. The number of aromatic hydroxyl groups is 1. The van der Waals surface area contributed by atoms with E-state index >= 15 is 0 Å². The number of rotatable bonds is 6. The van der Waals surface area contributed by atoms with Crippen LogP contribution in [0.4, 0.5) is 0 Å². The summed E-state index contributed by atoms with van der Waals surface area (Å²) >= 11 is 0. The van der Waals surface area contributed by atoms with Gasteiger partial charge in [0.1, 0.15) is 5.75 Å². The maximum atomic E-state index is 9.27. The Morgan fingerprint density at radius 1 is 1.05 bits per heavy atom. The Kier molecular flexibility index (Phi) is 5.19. The van der Waals surface area contributed by atoms with E-state index in [1.54, 1.807) is 12.1 Å². The van der Waals surface area contributed by atoms with Crippen LogP contribution < -0.4 is 5.32 Å². The molecule has 0 bridgehead atoms. The van der Waals surface area contributed by atoms with E-state index < -0.39 is 0 Å². The molecule has 20 heavy (non-hydrogen) atoms. The Morgan fingerprint density at radius 3 is 2.45 bits per heavy atom. The third-order valence-electron chi connectivity index (χ3n) is 3.63. The van der Waals surface area contributed by atoms with E-state index in [2.05, 4.69) is 43.4 Å². The molecule has 1 unspecified atom stereocenters. The van der Waals surface area contributed by atoms with Gasteiger partial charge in [-0.25, -0.2) is 0 Å². The van der Waals surface area contributed by atoms with Gasteiger partial charge in [0, 0.05) is 6.04 Å². The quantitative estimate of drug-likeness (QED) is 0.841. The van der Waals surface area contributed by atoms with E-state index in [0.29, 0.717) is 11.8 Å². The molecule has 0 aromatic heterocycles. The van der Waals surface area contributed by atoms with Crippen LogP contribution in [0, 0.1) is 6.92 Å². The number of phenols is 1. The van der Waals surface area contributed by atoms with Crippen LogP contribution in [-0.2, 0) is 12.8 Å². The third-order valence-corrected chi connectivity index (χ3v) is 3.63. The molecule has 0 radical (unpaired) electrons. The molecule has 0 spiro atoms. The van der Waals surface area contributed by atoms with Crippen molar-refractivity contribution in [1.29, 1.82) is 0 Å². The van der Waals surface area contributed by atoms with Crippen molar-refractivity contribution >= 4 is 0 Å². The maximum absolute atomic E-state index is 9.27. The van der Waals surface area contributed by atoms with E-state index in [-0.39, 0.29) is 0 Å². The van der Waals surface area contributed by atoms with Gasteiger partial charge in [0.05, 0.1) is 0 Å². The smallest absolute Gasteiger partial charge is 0.115 e. The van der Waals surface area contributed by atoms with E-state index in [1.165, 1.54) is 16.7 Å². The molecule has 0 aliphatic carbocycles. The van der Waals surface area contributed by atoms with Crippen LogP contribution in [0.2, 0.25) is 0 Å². The largest absolute Gasteiger partial charge is 0.508 e. The van der Waals surface area contributed by atoms with Crippen molar-refractivity contribution in [3.05, 3.63) is 65.2 Å². The summed E-state index contributed by atoms with van der Waals surface area (Å²) in [6.45, 7) is 5.35. The molecule has 2 heteroatoms. The van der Waals surface area contributed by atoms with Gasteiger partial charge in [0.25, 0.3) is 0 Å². The molecule has 106 valence electrons. The molecule has 2 nitrogen and oxygen atoms in total. The van der Waals surface area contributed by atoms with E-state index in [9.17, 15) is 5.11 Å². The molecule has 2 N–H and O–H groups in total. The molecule has 0 fully saturated rings. The molecule has 0 heterocycles. The summed E-state index contributed by atoms with van der Waals surface area (Å²) in [6.07, 6.45) is 2.04. The number of hydrogen-bond acceptors (Lipinski definition) is 2. The topological polar surface area (TPSA) is 32.3 Å². The molecule has 1 atom stereocenters. The molecule has 0 saturated carbocycles. The lowest BCUT2D eigenvalue weighted by atomic mass is 10.0. The molecular formula is C18H23NO. The van der Waals surface area contributed by atoms with E-state index in [1.807, 2.05) is 12.1 Å². The molecule has 0 aliphatic rings. The molecule has 2 aromatic carbocycles. The predicted octanol–water partition coefficient (Wildman–Crippen LogP) is 3.46. The number of nitrogens with one attached hydrogen (secondary N) is 1. The summed E-state index contributed by atoms with van der Waals surface area (Å²) in [5, 5.41) is 12.8. The van der Waals surface area contributed by atoms with Gasteiger partial charge in [-0.1, -0.05) is 36.4 Å². The Balaban J connectivity index is 1.76. The fraction of sp³-hybridized carbons (Fsp3) is 0.333. The van der Waals surface area contributed by atoms with Gasteiger partial charge in [-0.15, -0.1) is 0 Å². The summed E-state index contributed by atoms with van der Waals surface area (Å²) in [5.74, 6) is 0.328. The van der Waals surface area contributed by atoms with Gasteiger partial charge in [0.15, 0.2) is 0 Å². The molecule has 0 amide bonds. The number of aryl methyl sites for hydroxylation is 1. The van der Waals surface area contributed by atoms with Crippen molar-refractivity contribution in [1.82, 2.24) is 5.32 Å². The minimum atomic E-state index is 0.328. The van der Waals surface area contributed by atoms with Crippen molar-refractivity contribution in [3.63, 3.8) is 0 Å². The number of hydrogen-bond donors (Lipinski definition) is 2. The first kappa shape index (κ1) is 14.6. The lowest BCUT2D eigenvalue weighted by Crippen LogP contribution is -2.30. The average molecular weight is 269 g/mol. The van der Waals surface area contributed by atoms with Crippen LogP contribution in [0.1, 0.15) is 23.6 Å². The highest BCUT2D eigenvalue weighted by molar-refractivity contribution is 5.27. The predicted molar refractivity (Wildman–Crippen MR) is 84.2 cm³/mol. The fourth-order valence-electron chi connectivity index (χ4n) is 2.40. The average Bonchev–Trinajstić information content (AvgIpc) is 2.43. The Hall–Kier alpha value is -1.80. The van der Waals surface area contributed by atoms with Gasteiger partial charge in [-0.3, -0.25) is 0 Å². The van der Waals surface area contributed by atoms with Crippen LogP contribution in [-0.4, -0.2) is 17.7 Å². The van der Waals surface area contributed by atoms with Crippen LogP contribution in [0.5, 0.6) is 5.75 Å². The lowest BCUT2D eigenvalue weighted by molar-refractivity contribution is 0.474. The number of benzene rings is 2. The van der Waals surface area contributed by atoms with E-state index in [0.717, 1.165) is 19.4 Å². The first-order valence-electron chi connectivity index (χ1n) is 7.21. The normalized spacial score (nSPS) is 12.3. The number of phenolic OH excluding ortho intramolecular Hbond substituents is 1. The zero-order valence-corrected chi connectivity index (χ0v) is 12.3. The van der Waals surface area contributed by atoms with Gasteiger partial charge in [-0.2, -0.15) is 0 Å². The standard InChI is InChI=1S/C18H23NO/c1-14-5-3-4-6-17(14)11-12-19-15(2)13-16-7-9-18(20)10-8-16/h3-10,15,19-20H,11-13H2,1-2H3. The summed E-state index contributed by atoms with van der Waals surface area (Å²) in [5.41, 5.74) is 4.02. The Labute approximate surface area is 121 Å². The zero-order chi connectivity index (χ0) is 14.4. The molecule has 0 saturated heterocycles. The molecular weight excluding hydrogens is 246 g/mol. The minimum Gasteiger partial charge on any atom is -0.508 e. The van der Waals surface area contributed by atoms with Crippen LogP contribution in [0.15, 0.2) is 48.5 Å². The monoisotopic (exact) mass is 269 g/mol. The fourth-order valence-corrected chi connectivity index (χ4v) is 2.40. The summed E-state index contributed by atoms with van der Waals surface area (Å²) in [4.78, 5) is 0. The van der Waals surface area contributed by atoms with Gasteiger partial charge in [0.2, 0.25) is 0 Å². The second-order valence-corrected chi connectivity index (χ2v) is 5.40. The van der Waals surface area contributed by atoms with Gasteiger partial charge < -0.3 is 10.4 Å². The Morgan fingerprint density at radius 2 is 1.75 bits per heavy atom. The summed E-state index contributed by atoms with van der Waals surface area (Å²) < 4.78 is 0. The summed E-state index contributed by atoms with van der Waals surface area (Å²) in [7, 11) is 0. The molecule has 2 rings (SSSR count). The first-order valence-corrected chi connectivity index (χ1v) is 7.21. The van der Waals surface area contributed by atoms with Crippen LogP contribution >= 0.6 is 0 Å². The third kappa shape index (κ3) is 4.39. The Bertz CT molecular complexity index is 533. The maximum Gasteiger partial charge on any atom is 0.115 e. The van der Waals surface area contributed by atoms with Gasteiger partial charge >= 0.3 is 0 Å². The zero-order valence-electron chi connectivity index (χ0n) is 12.3. The second kappa shape index (κ2) is 7.11. The highest BCUT2D eigenvalue weighted by Gasteiger charge is 2.04. The highest BCUT2D eigenvalue weighted by atomic mass is 16.3. The van der Waals surface area contributed by atoms with Crippen LogP contribution in [0.25, 0.3) is 0 Å². The van der Waals surface area contributed by atoms with E-state index in [4.69, 9.17) is 0 Å². The van der Waals surface area contributed by atoms with Crippen molar-refractivity contribution in [2.75, 3.05) is 6.54 Å². The van der Waals surface area contributed by atoms with Crippen molar-refractivity contribution in [3.8, 4) is 5.75 Å². The highest BCUT2D eigenvalue weighted by Crippen LogP contribution is 2.11. The van der Waals surface area contributed by atoms with Crippen molar-refractivity contribution in [2.24, 2.45) is 0 Å². The second-order valence-electron chi connectivity index (χ2n) is 5.40. The molecule has 0 aliphatic heterocycles. The van der Waals surface area contributed by atoms with Crippen molar-refractivity contribution in [2.45, 2.75) is 32.7 Å². The summed E-state index contributed by atoms with van der Waals surface area (Å²) in [6, 6.07) is 16.4. The van der Waals surface area contributed by atoms with Crippen LogP contribution in [0.3, 0.4) is 0 Å². The molecule has 2 aromatic rings. The van der Waals surface area contributed by atoms with Gasteiger partial charge in [-0.05, 0) is 62.1 Å².